The van der Waals surface area contributed by atoms with Crippen molar-refractivity contribution in [2.45, 2.75) is 4.90 Å². The molecule has 0 aliphatic heterocycles. The summed E-state index contributed by atoms with van der Waals surface area (Å²) < 4.78 is 22.8. The van der Waals surface area contributed by atoms with Crippen LogP contribution < -0.4 is 11.1 Å². The quantitative estimate of drug-likeness (QED) is 0.852. The van der Waals surface area contributed by atoms with Crippen molar-refractivity contribution >= 4 is 32.9 Å². The first-order chi connectivity index (χ1) is 9.36. The molecule has 0 saturated heterocycles. The van der Waals surface area contributed by atoms with Crippen LogP contribution in [0.2, 0.25) is 0 Å². The van der Waals surface area contributed by atoms with Crippen molar-refractivity contribution in [3.05, 3.63) is 48.5 Å². The van der Waals surface area contributed by atoms with Crippen LogP contribution >= 0.6 is 12.2 Å². The zero-order valence-electron chi connectivity index (χ0n) is 10.8. The Balaban J connectivity index is 2.34. The number of benzene rings is 2. The molecule has 0 saturated carbocycles. The number of rotatable bonds is 3. The molecular formula is C14H14N2O2S2. The second kappa shape index (κ2) is 5.60. The fraction of sp³-hybridized carbons (Fsp3) is 0.0714. The third-order valence-corrected chi connectivity index (χ3v) is 3.98. The van der Waals surface area contributed by atoms with E-state index in [0.29, 0.717) is 4.90 Å². The minimum atomic E-state index is -3.17. The Labute approximate surface area is 123 Å². The molecule has 0 spiro atoms. The van der Waals surface area contributed by atoms with Crippen molar-refractivity contribution in [2.24, 2.45) is 5.73 Å². The van der Waals surface area contributed by atoms with Gasteiger partial charge in [-0.1, -0.05) is 24.3 Å². The molecule has 0 aliphatic rings. The van der Waals surface area contributed by atoms with Crippen LogP contribution in [0.5, 0.6) is 0 Å². The summed E-state index contributed by atoms with van der Waals surface area (Å²) in [6.45, 7) is 0. The maximum Gasteiger partial charge on any atom is 0.175 e. The summed E-state index contributed by atoms with van der Waals surface area (Å²) in [6, 6.07) is 14.3. The van der Waals surface area contributed by atoms with Crippen LogP contribution in [0.4, 0.5) is 5.69 Å². The highest BCUT2D eigenvalue weighted by Crippen LogP contribution is 2.24. The van der Waals surface area contributed by atoms with Crippen molar-refractivity contribution in [2.75, 3.05) is 11.6 Å². The Bertz CT molecular complexity index is 738. The van der Waals surface area contributed by atoms with Gasteiger partial charge in [-0.3, -0.25) is 0 Å². The van der Waals surface area contributed by atoms with Crippen molar-refractivity contribution in [1.29, 1.82) is 0 Å². The lowest BCUT2D eigenvalue weighted by atomic mass is 10.1. The van der Waals surface area contributed by atoms with E-state index in [9.17, 15) is 8.42 Å². The number of nitrogens with two attached hydrogens (primary N) is 1. The largest absolute Gasteiger partial charge is 0.376 e. The average molecular weight is 306 g/mol. The zero-order valence-corrected chi connectivity index (χ0v) is 12.5. The number of anilines is 1. The van der Waals surface area contributed by atoms with Crippen molar-refractivity contribution < 1.29 is 8.42 Å². The molecule has 4 nitrogen and oxygen atoms in total. The second-order valence-corrected chi connectivity index (χ2v) is 6.82. The topological polar surface area (TPSA) is 72.2 Å². The fourth-order valence-corrected chi connectivity index (χ4v) is 2.56. The second-order valence-electron chi connectivity index (χ2n) is 4.37. The van der Waals surface area contributed by atoms with E-state index in [1.54, 1.807) is 24.3 Å². The van der Waals surface area contributed by atoms with Gasteiger partial charge in [0.1, 0.15) is 0 Å². The Morgan fingerprint density at radius 2 is 1.75 bits per heavy atom. The molecule has 0 fully saturated rings. The fourth-order valence-electron chi connectivity index (χ4n) is 1.81. The van der Waals surface area contributed by atoms with Crippen molar-refractivity contribution in [1.82, 2.24) is 0 Å². The molecule has 0 heterocycles. The van der Waals surface area contributed by atoms with Crippen molar-refractivity contribution in [3.8, 4) is 11.1 Å². The van der Waals surface area contributed by atoms with Crippen LogP contribution in [0.1, 0.15) is 0 Å². The Hall–Kier alpha value is -1.92. The first kappa shape index (κ1) is 14.5. The summed E-state index contributed by atoms with van der Waals surface area (Å²) in [6.07, 6.45) is 1.19. The molecule has 2 rings (SSSR count). The Kier molecular flexibility index (Phi) is 4.06. The zero-order chi connectivity index (χ0) is 14.8. The van der Waals surface area contributed by atoms with Gasteiger partial charge in [0.15, 0.2) is 14.9 Å². The summed E-state index contributed by atoms with van der Waals surface area (Å²) in [5, 5.41) is 3.07. The first-order valence-electron chi connectivity index (χ1n) is 5.83. The lowest BCUT2D eigenvalue weighted by Gasteiger charge is -2.07. The molecule has 6 heteroatoms. The minimum absolute atomic E-state index is 0.203. The molecule has 0 radical (unpaired) electrons. The number of sulfone groups is 1. The highest BCUT2D eigenvalue weighted by atomic mass is 32.2. The predicted molar refractivity (Wildman–Crippen MR) is 85.4 cm³/mol. The molecule has 3 N–H and O–H groups in total. The highest BCUT2D eigenvalue weighted by molar-refractivity contribution is 7.90. The van der Waals surface area contributed by atoms with Gasteiger partial charge in [-0.15, -0.1) is 0 Å². The van der Waals surface area contributed by atoms with Crippen molar-refractivity contribution in [3.63, 3.8) is 0 Å². The molecule has 0 unspecified atom stereocenters. The third kappa shape index (κ3) is 3.55. The molecule has 20 heavy (non-hydrogen) atoms. The molecular weight excluding hydrogens is 292 g/mol. The molecule has 104 valence electrons. The van der Waals surface area contributed by atoms with E-state index in [2.05, 4.69) is 5.32 Å². The van der Waals surface area contributed by atoms with E-state index in [4.69, 9.17) is 18.0 Å². The number of nitrogens with one attached hydrogen (secondary N) is 1. The van der Waals surface area contributed by atoms with Gasteiger partial charge in [0, 0.05) is 11.9 Å². The SMILES string of the molecule is CS(=O)(=O)c1ccc(-c2cccc(NC(N)=S)c2)cc1. The van der Waals surface area contributed by atoms with Crippen LogP contribution in [-0.4, -0.2) is 19.8 Å². The summed E-state index contributed by atoms with van der Waals surface area (Å²) in [5.41, 5.74) is 8.10. The van der Waals surface area contributed by atoms with E-state index < -0.39 is 9.84 Å². The number of thiocarbonyl (C=S) groups is 1. The molecule has 0 bridgehead atoms. The van der Waals surface area contributed by atoms with Crippen LogP contribution in [0.3, 0.4) is 0 Å². The van der Waals surface area contributed by atoms with E-state index in [0.717, 1.165) is 16.8 Å². The molecule has 2 aromatic rings. The molecule has 0 aliphatic carbocycles. The standard InChI is InChI=1S/C14H14N2O2S2/c1-20(17,18)13-7-5-10(6-8-13)11-3-2-4-12(9-11)16-14(15)19/h2-9H,1H3,(H3,15,16,19). The molecule has 0 atom stereocenters. The van der Waals surface area contributed by atoms with E-state index in [1.807, 2.05) is 24.3 Å². The van der Waals surface area contributed by atoms with Crippen LogP contribution in [-0.2, 0) is 9.84 Å². The monoisotopic (exact) mass is 306 g/mol. The van der Waals surface area contributed by atoms with Crippen LogP contribution in [0, 0.1) is 0 Å². The first-order valence-corrected chi connectivity index (χ1v) is 8.13. The summed E-state index contributed by atoms with van der Waals surface area (Å²) in [5.74, 6) is 0. The average Bonchev–Trinajstić information content (AvgIpc) is 2.37. The minimum Gasteiger partial charge on any atom is -0.376 e. The predicted octanol–water partition coefficient (Wildman–Crippen LogP) is 2.41. The van der Waals surface area contributed by atoms with Gasteiger partial charge in [-0.05, 0) is 47.6 Å². The maximum absolute atomic E-state index is 11.4. The lowest BCUT2D eigenvalue weighted by molar-refractivity contribution is 0.602. The Morgan fingerprint density at radius 1 is 1.10 bits per heavy atom. The van der Waals surface area contributed by atoms with Crippen LogP contribution in [0.15, 0.2) is 53.4 Å². The molecule has 0 aromatic heterocycles. The highest BCUT2D eigenvalue weighted by Gasteiger charge is 2.07. The van der Waals surface area contributed by atoms with Gasteiger partial charge >= 0.3 is 0 Å². The maximum atomic E-state index is 11.4. The van der Waals surface area contributed by atoms with E-state index in [1.165, 1.54) is 6.26 Å². The molecule has 0 amide bonds. The molecule has 2 aromatic carbocycles. The summed E-state index contributed by atoms with van der Waals surface area (Å²) in [4.78, 5) is 0.304. The van der Waals surface area contributed by atoms with Gasteiger partial charge in [0.05, 0.1) is 4.90 Å². The van der Waals surface area contributed by atoms with Gasteiger partial charge < -0.3 is 11.1 Å². The number of hydrogen-bond donors (Lipinski definition) is 2. The lowest BCUT2D eigenvalue weighted by Crippen LogP contribution is -2.18. The Morgan fingerprint density at radius 3 is 2.30 bits per heavy atom. The van der Waals surface area contributed by atoms with Gasteiger partial charge in [0.25, 0.3) is 0 Å². The normalized spacial score (nSPS) is 11.1. The summed E-state index contributed by atoms with van der Waals surface area (Å²) in [7, 11) is -3.17. The third-order valence-electron chi connectivity index (χ3n) is 2.75. The van der Waals surface area contributed by atoms with Gasteiger partial charge in [-0.25, -0.2) is 8.42 Å². The van der Waals surface area contributed by atoms with E-state index >= 15 is 0 Å². The van der Waals surface area contributed by atoms with E-state index in [-0.39, 0.29) is 5.11 Å². The van der Waals surface area contributed by atoms with Gasteiger partial charge in [-0.2, -0.15) is 0 Å². The number of hydrogen-bond acceptors (Lipinski definition) is 3. The summed E-state index contributed by atoms with van der Waals surface area (Å²) >= 11 is 4.80. The van der Waals surface area contributed by atoms with Gasteiger partial charge in [0.2, 0.25) is 0 Å². The van der Waals surface area contributed by atoms with Crippen LogP contribution in [0.25, 0.3) is 11.1 Å². The smallest absolute Gasteiger partial charge is 0.175 e.